The van der Waals surface area contributed by atoms with E-state index in [1.807, 2.05) is 13.8 Å². The highest BCUT2D eigenvalue weighted by Gasteiger charge is 2.22. The van der Waals surface area contributed by atoms with Crippen LogP contribution >= 0.6 is 11.6 Å². The molecule has 0 saturated carbocycles. The van der Waals surface area contributed by atoms with Gasteiger partial charge in [0.25, 0.3) is 0 Å². The summed E-state index contributed by atoms with van der Waals surface area (Å²) in [4.78, 5) is 4.09. The molecule has 2 aromatic rings. The molecule has 0 aliphatic rings. The molecule has 0 bridgehead atoms. The van der Waals surface area contributed by atoms with Crippen molar-refractivity contribution in [1.82, 2.24) is 14.8 Å². The Hall–Kier alpha value is -1.60. The second-order valence-electron chi connectivity index (χ2n) is 5.19. The predicted octanol–water partition coefficient (Wildman–Crippen LogP) is 2.14. The topological polar surface area (TPSA) is 90.9 Å². The minimum absolute atomic E-state index is 0.0611. The van der Waals surface area contributed by atoms with Gasteiger partial charge in [-0.1, -0.05) is 25.4 Å². The molecule has 0 unspecified atom stereocenters. The minimum Gasteiger partial charge on any atom is -0.398 e. The summed E-state index contributed by atoms with van der Waals surface area (Å²) >= 11 is 5.79. The van der Waals surface area contributed by atoms with Crippen molar-refractivity contribution in [2.24, 2.45) is 5.92 Å². The standard InChI is InChI=1S/C13H17ClN4O2S/c1-9(2)6-18-13(16-8-17-18)7-21(19,20)12-4-3-10(14)5-11(12)15/h3-5,8-9H,6-7,15H2,1-2H3. The van der Waals surface area contributed by atoms with Crippen LogP contribution in [0.25, 0.3) is 0 Å². The van der Waals surface area contributed by atoms with Crippen LogP contribution in [0.5, 0.6) is 0 Å². The van der Waals surface area contributed by atoms with Crippen LogP contribution in [0.2, 0.25) is 5.02 Å². The van der Waals surface area contributed by atoms with E-state index in [2.05, 4.69) is 10.1 Å². The van der Waals surface area contributed by atoms with Gasteiger partial charge in [0.1, 0.15) is 17.9 Å². The number of anilines is 1. The Morgan fingerprint density at radius 1 is 1.38 bits per heavy atom. The largest absolute Gasteiger partial charge is 0.398 e. The van der Waals surface area contributed by atoms with Crippen LogP contribution < -0.4 is 5.73 Å². The van der Waals surface area contributed by atoms with Gasteiger partial charge in [-0.25, -0.2) is 18.1 Å². The first-order chi connectivity index (χ1) is 9.79. The summed E-state index contributed by atoms with van der Waals surface area (Å²) in [6.07, 6.45) is 1.36. The van der Waals surface area contributed by atoms with E-state index >= 15 is 0 Å². The van der Waals surface area contributed by atoms with Crippen LogP contribution in [-0.2, 0) is 22.1 Å². The molecule has 2 N–H and O–H groups in total. The predicted molar refractivity (Wildman–Crippen MR) is 81.6 cm³/mol. The van der Waals surface area contributed by atoms with Crippen LogP contribution in [0.3, 0.4) is 0 Å². The molecule has 1 aromatic carbocycles. The number of nitrogens with zero attached hydrogens (tertiary/aromatic N) is 3. The smallest absolute Gasteiger partial charge is 0.187 e. The number of aromatic nitrogens is 3. The van der Waals surface area contributed by atoms with Gasteiger partial charge in [-0.15, -0.1) is 0 Å². The van der Waals surface area contributed by atoms with Gasteiger partial charge >= 0.3 is 0 Å². The third-order valence-corrected chi connectivity index (χ3v) is 4.78. The van der Waals surface area contributed by atoms with Crippen LogP contribution in [0.4, 0.5) is 5.69 Å². The molecule has 0 amide bonds. The Labute approximate surface area is 128 Å². The highest BCUT2D eigenvalue weighted by molar-refractivity contribution is 7.90. The lowest BCUT2D eigenvalue weighted by atomic mass is 10.2. The van der Waals surface area contributed by atoms with Gasteiger partial charge in [0, 0.05) is 11.6 Å². The maximum absolute atomic E-state index is 12.5. The average molecular weight is 329 g/mol. The van der Waals surface area contributed by atoms with Crippen LogP contribution in [0.15, 0.2) is 29.4 Å². The summed E-state index contributed by atoms with van der Waals surface area (Å²) in [7, 11) is -3.60. The second-order valence-corrected chi connectivity index (χ2v) is 7.59. The van der Waals surface area contributed by atoms with Crippen molar-refractivity contribution in [1.29, 1.82) is 0 Å². The Kier molecular flexibility index (Phi) is 4.53. The lowest BCUT2D eigenvalue weighted by Gasteiger charge is -2.10. The molecular formula is C13H17ClN4O2S. The van der Waals surface area contributed by atoms with Gasteiger partial charge in [0.2, 0.25) is 0 Å². The van der Waals surface area contributed by atoms with Crippen molar-refractivity contribution < 1.29 is 8.42 Å². The summed E-state index contributed by atoms with van der Waals surface area (Å²) in [6.45, 7) is 4.66. The molecule has 0 aliphatic carbocycles. The molecule has 1 aromatic heterocycles. The zero-order valence-electron chi connectivity index (χ0n) is 11.8. The van der Waals surface area contributed by atoms with Gasteiger partial charge in [0.05, 0.1) is 10.6 Å². The molecule has 2 rings (SSSR count). The van der Waals surface area contributed by atoms with E-state index in [1.54, 1.807) is 4.68 Å². The second kappa shape index (κ2) is 6.03. The molecule has 0 saturated heterocycles. The number of hydrogen-bond donors (Lipinski definition) is 1. The molecule has 8 heteroatoms. The van der Waals surface area contributed by atoms with Crippen LogP contribution in [-0.4, -0.2) is 23.2 Å². The Bertz CT molecular complexity index is 740. The van der Waals surface area contributed by atoms with E-state index < -0.39 is 9.84 Å². The summed E-state index contributed by atoms with van der Waals surface area (Å²) in [6, 6.07) is 4.34. The van der Waals surface area contributed by atoms with Crippen molar-refractivity contribution in [3.63, 3.8) is 0 Å². The Balaban J connectivity index is 2.32. The number of halogens is 1. The SMILES string of the molecule is CC(C)Cn1ncnc1CS(=O)(=O)c1ccc(Cl)cc1N. The van der Waals surface area contributed by atoms with Gasteiger partial charge < -0.3 is 5.73 Å². The van der Waals surface area contributed by atoms with Crippen molar-refractivity contribution in [2.45, 2.75) is 31.0 Å². The van der Waals surface area contributed by atoms with E-state index in [4.69, 9.17) is 17.3 Å². The molecule has 0 spiro atoms. The first kappa shape index (κ1) is 15.8. The zero-order valence-corrected chi connectivity index (χ0v) is 13.4. The highest BCUT2D eigenvalue weighted by Crippen LogP contribution is 2.25. The molecular weight excluding hydrogens is 312 g/mol. The molecule has 1 heterocycles. The molecule has 0 aliphatic heterocycles. The maximum Gasteiger partial charge on any atom is 0.187 e. The quantitative estimate of drug-likeness (QED) is 0.849. The Morgan fingerprint density at radius 3 is 2.71 bits per heavy atom. The van der Waals surface area contributed by atoms with E-state index in [0.29, 0.717) is 23.3 Å². The van der Waals surface area contributed by atoms with E-state index in [1.165, 1.54) is 24.5 Å². The molecule has 6 nitrogen and oxygen atoms in total. The molecule has 21 heavy (non-hydrogen) atoms. The first-order valence-corrected chi connectivity index (χ1v) is 8.47. The highest BCUT2D eigenvalue weighted by atomic mass is 35.5. The van der Waals surface area contributed by atoms with Crippen molar-refractivity contribution in [3.05, 3.63) is 35.4 Å². The number of benzene rings is 1. The number of hydrogen-bond acceptors (Lipinski definition) is 5. The first-order valence-electron chi connectivity index (χ1n) is 6.44. The molecule has 0 fully saturated rings. The maximum atomic E-state index is 12.5. The summed E-state index contributed by atoms with van der Waals surface area (Å²) in [5.41, 5.74) is 5.89. The summed E-state index contributed by atoms with van der Waals surface area (Å²) in [5, 5.41) is 4.46. The number of nitrogens with two attached hydrogens (primary N) is 1. The fraction of sp³-hybridized carbons (Fsp3) is 0.385. The van der Waals surface area contributed by atoms with Crippen molar-refractivity contribution in [3.8, 4) is 0 Å². The van der Waals surface area contributed by atoms with E-state index in [0.717, 1.165) is 0 Å². The van der Waals surface area contributed by atoms with Gasteiger partial charge in [-0.05, 0) is 24.1 Å². The third-order valence-electron chi connectivity index (χ3n) is 2.86. The monoisotopic (exact) mass is 328 g/mol. The molecule has 0 radical (unpaired) electrons. The Morgan fingerprint density at radius 2 is 2.10 bits per heavy atom. The van der Waals surface area contributed by atoms with Crippen LogP contribution in [0, 0.1) is 5.92 Å². The third kappa shape index (κ3) is 3.74. The molecule has 114 valence electrons. The number of nitrogen functional groups attached to an aromatic ring is 1. The fourth-order valence-electron chi connectivity index (χ4n) is 1.95. The zero-order chi connectivity index (χ0) is 15.6. The lowest BCUT2D eigenvalue weighted by Crippen LogP contribution is -2.15. The normalized spacial score (nSPS) is 12.0. The van der Waals surface area contributed by atoms with E-state index in [-0.39, 0.29) is 16.3 Å². The summed E-state index contributed by atoms with van der Waals surface area (Å²) < 4.78 is 26.5. The number of rotatable bonds is 5. The lowest BCUT2D eigenvalue weighted by molar-refractivity contribution is 0.470. The number of sulfone groups is 1. The van der Waals surface area contributed by atoms with Gasteiger partial charge in [-0.3, -0.25) is 0 Å². The molecule has 0 atom stereocenters. The summed E-state index contributed by atoms with van der Waals surface area (Å²) in [5.74, 6) is 0.498. The van der Waals surface area contributed by atoms with Crippen molar-refractivity contribution >= 4 is 27.1 Å². The van der Waals surface area contributed by atoms with Gasteiger partial charge in [0.15, 0.2) is 9.84 Å². The minimum atomic E-state index is -3.60. The fourth-order valence-corrected chi connectivity index (χ4v) is 3.54. The van der Waals surface area contributed by atoms with Crippen molar-refractivity contribution in [2.75, 3.05) is 5.73 Å². The average Bonchev–Trinajstić information content (AvgIpc) is 2.74. The van der Waals surface area contributed by atoms with Gasteiger partial charge in [-0.2, -0.15) is 5.10 Å². The van der Waals surface area contributed by atoms with Crippen LogP contribution in [0.1, 0.15) is 19.7 Å². The van der Waals surface area contributed by atoms with E-state index in [9.17, 15) is 8.42 Å².